The molecular formula is C10H16O4. The minimum atomic E-state index is -0.727. The lowest BCUT2D eigenvalue weighted by Gasteiger charge is -2.51. The molecule has 0 heterocycles. The van der Waals surface area contributed by atoms with Gasteiger partial charge < -0.3 is 9.47 Å². The van der Waals surface area contributed by atoms with E-state index < -0.39 is 10.8 Å². The van der Waals surface area contributed by atoms with Crippen molar-refractivity contribution >= 4 is 11.9 Å². The van der Waals surface area contributed by atoms with Crippen molar-refractivity contribution in [1.82, 2.24) is 0 Å². The van der Waals surface area contributed by atoms with Gasteiger partial charge in [0.2, 0.25) is 0 Å². The Balaban J connectivity index is 2.93. The summed E-state index contributed by atoms with van der Waals surface area (Å²) in [6.45, 7) is 3.50. The summed E-state index contributed by atoms with van der Waals surface area (Å²) >= 11 is 0. The second-order valence-electron chi connectivity index (χ2n) is 4.15. The number of methoxy groups -OCH3 is 2. The summed E-state index contributed by atoms with van der Waals surface area (Å²) < 4.78 is 9.40. The largest absolute Gasteiger partial charge is 0.469 e. The first-order chi connectivity index (χ1) is 6.42. The quantitative estimate of drug-likeness (QED) is 0.627. The first-order valence-electron chi connectivity index (χ1n) is 4.59. The Bertz CT molecular complexity index is 245. The van der Waals surface area contributed by atoms with Gasteiger partial charge in [0, 0.05) is 0 Å². The van der Waals surface area contributed by atoms with E-state index in [1.54, 1.807) is 13.8 Å². The number of ether oxygens (including phenoxy) is 2. The van der Waals surface area contributed by atoms with Gasteiger partial charge in [-0.2, -0.15) is 0 Å². The van der Waals surface area contributed by atoms with Gasteiger partial charge in [-0.1, -0.05) is 0 Å². The van der Waals surface area contributed by atoms with E-state index in [-0.39, 0.29) is 11.9 Å². The molecule has 1 aliphatic rings. The molecule has 1 saturated carbocycles. The highest BCUT2D eigenvalue weighted by Crippen LogP contribution is 2.57. The summed E-state index contributed by atoms with van der Waals surface area (Å²) in [6.07, 6.45) is 1.34. The van der Waals surface area contributed by atoms with E-state index in [2.05, 4.69) is 0 Å². The number of hydrogen-bond donors (Lipinski definition) is 0. The lowest BCUT2D eigenvalue weighted by Crippen LogP contribution is -2.57. The van der Waals surface area contributed by atoms with Crippen molar-refractivity contribution in [3.05, 3.63) is 0 Å². The average Bonchev–Trinajstić information content (AvgIpc) is 2.22. The molecule has 4 heteroatoms. The molecule has 1 rings (SSSR count). The van der Waals surface area contributed by atoms with Gasteiger partial charge in [-0.3, -0.25) is 9.59 Å². The van der Waals surface area contributed by atoms with Gasteiger partial charge in [-0.25, -0.2) is 0 Å². The summed E-state index contributed by atoms with van der Waals surface area (Å²) in [6, 6.07) is 0. The zero-order chi connectivity index (χ0) is 11.0. The lowest BCUT2D eigenvalue weighted by atomic mass is 9.51. The van der Waals surface area contributed by atoms with Crippen molar-refractivity contribution in [2.75, 3.05) is 14.2 Å². The van der Waals surface area contributed by atoms with Crippen LogP contribution in [-0.4, -0.2) is 26.2 Å². The zero-order valence-electron chi connectivity index (χ0n) is 9.05. The summed E-state index contributed by atoms with van der Waals surface area (Å²) in [7, 11) is 2.67. The van der Waals surface area contributed by atoms with Gasteiger partial charge in [0.05, 0.1) is 25.0 Å². The van der Waals surface area contributed by atoms with Gasteiger partial charge in [-0.15, -0.1) is 0 Å². The van der Waals surface area contributed by atoms with Crippen molar-refractivity contribution in [1.29, 1.82) is 0 Å². The van der Waals surface area contributed by atoms with Crippen LogP contribution in [0.25, 0.3) is 0 Å². The topological polar surface area (TPSA) is 52.6 Å². The van der Waals surface area contributed by atoms with Gasteiger partial charge in [0.1, 0.15) is 0 Å². The fourth-order valence-electron chi connectivity index (χ4n) is 1.98. The predicted molar refractivity (Wildman–Crippen MR) is 49.5 cm³/mol. The number of esters is 2. The molecule has 0 amide bonds. The highest BCUT2D eigenvalue weighted by molar-refractivity contribution is 5.89. The maximum atomic E-state index is 11.5. The fraction of sp³-hybridized carbons (Fsp3) is 0.800. The summed E-state index contributed by atoms with van der Waals surface area (Å²) in [5.74, 6) is -0.673. The Morgan fingerprint density at radius 1 is 0.929 bits per heavy atom. The molecule has 0 saturated heterocycles. The van der Waals surface area contributed by atoms with Crippen molar-refractivity contribution < 1.29 is 19.1 Å². The van der Waals surface area contributed by atoms with E-state index >= 15 is 0 Å². The standard InChI is InChI=1S/C10H16O4/c1-9(7(11)13-3)5-6-10(9,2)8(12)14-4/h5-6H2,1-4H3/t9-,10-/m0/s1. The van der Waals surface area contributed by atoms with Gasteiger partial charge in [0.25, 0.3) is 0 Å². The van der Waals surface area contributed by atoms with Crippen LogP contribution in [0.2, 0.25) is 0 Å². The molecule has 0 unspecified atom stereocenters. The van der Waals surface area contributed by atoms with Crippen LogP contribution in [-0.2, 0) is 19.1 Å². The average molecular weight is 200 g/mol. The Morgan fingerprint density at radius 2 is 1.21 bits per heavy atom. The molecule has 2 atom stereocenters. The van der Waals surface area contributed by atoms with Crippen LogP contribution in [0.5, 0.6) is 0 Å². The SMILES string of the molecule is COC(=O)[C@]1(C)CC[C@@]1(C)C(=O)OC. The third-order valence-electron chi connectivity index (χ3n) is 3.61. The highest BCUT2D eigenvalue weighted by Gasteiger charge is 2.63. The molecule has 0 aromatic heterocycles. The Labute approximate surface area is 83.6 Å². The summed E-state index contributed by atoms with van der Waals surface area (Å²) in [4.78, 5) is 23.0. The molecule has 1 fully saturated rings. The Morgan fingerprint density at radius 3 is 1.36 bits per heavy atom. The lowest BCUT2D eigenvalue weighted by molar-refractivity contribution is -0.191. The van der Waals surface area contributed by atoms with Crippen LogP contribution in [0.4, 0.5) is 0 Å². The number of carbonyl (C=O) groups is 2. The van der Waals surface area contributed by atoms with Crippen LogP contribution in [0.1, 0.15) is 26.7 Å². The molecule has 0 spiro atoms. The van der Waals surface area contributed by atoms with Gasteiger partial charge in [0.15, 0.2) is 0 Å². The van der Waals surface area contributed by atoms with E-state index in [0.717, 1.165) is 0 Å². The van der Waals surface area contributed by atoms with E-state index in [1.165, 1.54) is 14.2 Å². The predicted octanol–water partition coefficient (Wildman–Crippen LogP) is 1.14. The Kier molecular flexibility index (Phi) is 2.56. The minimum Gasteiger partial charge on any atom is -0.469 e. The molecule has 14 heavy (non-hydrogen) atoms. The maximum Gasteiger partial charge on any atom is 0.312 e. The van der Waals surface area contributed by atoms with Crippen molar-refractivity contribution in [3.63, 3.8) is 0 Å². The smallest absolute Gasteiger partial charge is 0.312 e. The first kappa shape index (κ1) is 11.0. The molecule has 4 nitrogen and oxygen atoms in total. The first-order valence-corrected chi connectivity index (χ1v) is 4.59. The van der Waals surface area contributed by atoms with Crippen molar-refractivity contribution in [3.8, 4) is 0 Å². The highest BCUT2D eigenvalue weighted by atomic mass is 16.5. The van der Waals surface area contributed by atoms with Crippen LogP contribution in [0, 0.1) is 10.8 Å². The summed E-state index contributed by atoms with van der Waals surface area (Å²) in [5.41, 5.74) is -1.45. The molecule has 1 aliphatic carbocycles. The molecule has 0 N–H and O–H groups in total. The third-order valence-corrected chi connectivity index (χ3v) is 3.61. The fourth-order valence-corrected chi connectivity index (χ4v) is 1.98. The molecule has 0 radical (unpaired) electrons. The normalized spacial score (nSPS) is 35.7. The van der Waals surface area contributed by atoms with E-state index in [9.17, 15) is 9.59 Å². The van der Waals surface area contributed by atoms with Gasteiger partial charge >= 0.3 is 11.9 Å². The van der Waals surface area contributed by atoms with Crippen LogP contribution in [0.15, 0.2) is 0 Å². The van der Waals surface area contributed by atoms with Crippen molar-refractivity contribution in [2.24, 2.45) is 10.8 Å². The van der Waals surface area contributed by atoms with Crippen molar-refractivity contribution in [2.45, 2.75) is 26.7 Å². The monoisotopic (exact) mass is 200 g/mol. The van der Waals surface area contributed by atoms with Crippen LogP contribution in [0.3, 0.4) is 0 Å². The van der Waals surface area contributed by atoms with E-state index in [4.69, 9.17) is 9.47 Å². The summed E-state index contributed by atoms with van der Waals surface area (Å²) in [5, 5.41) is 0. The number of hydrogen-bond acceptors (Lipinski definition) is 4. The van der Waals surface area contributed by atoms with E-state index in [0.29, 0.717) is 12.8 Å². The molecule has 0 bridgehead atoms. The number of rotatable bonds is 2. The maximum absolute atomic E-state index is 11.5. The van der Waals surface area contributed by atoms with Crippen LogP contribution >= 0.6 is 0 Å². The number of carbonyl (C=O) groups excluding carboxylic acids is 2. The molecule has 0 aromatic carbocycles. The third kappa shape index (κ3) is 1.13. The zero-order valence-corrected chi connectivity index (χ0v) is 9.05. The van der Waals surface area contributed by atoms with E-state index in [1.807, 2.05) is 0 Å². The molecule has 0 aromatic rings. The second-order valence-corrected chi connectivity index (χ2v) is 4.15. The second kappa shape index (κ2) is 3.26. The Hall–Kier alpha value is -1.06. The molecular weight excluding hydrogens is 184 g/mol. The van der Waals surface area contributed by atoms with Crippen LogP contribution < -0.4 is 0 Å². The molecule has 80 valence electrons. The minimum absolute atomic E-state index is 0.336. The molecule has 0 aliphatic heterocycles. The van der Waals surface area contributed by atoms with Gasteiger partial charge in [-0.05, 0) is 26.7 Å².